The third kappa shape index (κ3) is 6.90. The van der Waals surface area contributed by atoms with Gasteiger partial charge in [-0.3, -0.25) is 0 Å². The summed E-state index contributed by atoms with van der Waals surface area (Å²) in [5.74, 6) is -3.23. The van der Waals surface area contributed by atoms with Crippen molar-refractivity contribution in [1.82, 2.24) is 5.32 Å². The lowest BCUT2D eigenvalue weighted by atomic mass is 10.0. The number of halogens is 2. The number of nitrogens with one attached hydrogen (secondary N) is 1. The molecule has 1 aliphatic rings. The van der Waals surface area contributed by atoms with Gasteiger partial charge in [0.05, 0.1) is 11.7 Å². The van der Waals surface area contributed by atoms with Gasteiger partial charge >= 0.3 is 11.9 Å². The number of carbonyl (C=O) groups excluding carboxylic acids is 2. The van der Waals surface area contributed by atoms with Gasteiger partial charge in [-0.25, -0.2) is 14.0 Å². The molecule has 9 heteroatoms. The van der Waals surface area contributed by atoms with Crippen molar-refractivity contribution in [2.45, 2.75) is 38.5 Å². The maximum Gasteiger partial charge on any atom is 0.345 e. The lowest BCUT2D eigenvalue weighted by molar-refractivity contribution is -0.139. The maximum absolute atomic E-state index is 14.1. The monoisotopic (exact) mass is 511 g/mol. The minimum atomic E-state index is -1.12. The average molecular weight is 512 g/mol. The average Bonchev–Trinajstić information content (AvgIpc) is 3.44. The zero-order valence-electron chi connectivity index (χ0n) is 20.2. The van der Waals surface area contributed by atoms with Crippen molar-refractivity contribution in [3.05, 3.63) is 83.4 Å². The highest BCUT2D eigenvalue weighted by Gasteiger charge is 2.26. The smallest absolute Gasteiger partial charge is 0.345 e. The first-order valence-corrected chi connectivity index (χ1v) is 11.9. The minimum absolute atomic E-state index is 0.154. The van der Waals surface area contributed by atoms with Crippen molar-refractivity contribution in [3.8, 4) is 22.6 Å². The van der Waals surface area contributed by atoms with Gasteiger partial charge in [-0.05, 0) is 79.4 Å². The molecule has 1 saturated heterocycles. The van der Waals surface area contributed by atoms with E-state index in [1.807, 2.05) is 0 Å². The molecule has 1 heterocycles. The fourth-order valence-corrected chi connectivity index (χ4v) is 3.85. The molecule has 194 valence electrons. The van der Waals surface area contributed by atoms with Crippen LogP contribution in [0.5, 0.6) is 11.5 Å². The summed E-state index contributed by atoms with van der Waals surface area (Å²) in [6, 6.07) is 15.4. The lowest BCUT2D eigenvalue weighted by Gasteiger charge is -2.12. The van der Waals surface area contributed by atoms with Crippen LogP contribution in [0.2, 0.25) is 0 Å². The second-order valence-electron chi connectivity index (χ2n) is 8.80. The van der Waals surface area contributed by atoms with Crippen LogP contribution >= 0.6 is 0 Å². The van der Waals surface area contributed by atoms with Gasteiger partial charge in [0.25, 0.3) is 0 Å². The first-order valence-electron chi connectivity index (χ1n) is 11.9. The summed E-state index contributed by atoms with van der Waals surface area (Å²) in [7, 11) is 0. The van der Waals surface area contributed by atoms with Gasteiger partial charge < -0.3 is 24.6 Å². The molecule has 1 unspecified atom stereocenters. The number of rotatable bonds is 9. The molecule has 4 rings (SSSR count). The predicted octanol–water partition coefficient (Wildman–Crippen LogP) is 4.41. The quantitative estimate of drug-likeness (QED) is 0.325. The summed E-state index contributed by atoms with van der Waals surface area (Å²) in [5, 5.41) is 12.3. The Morgan fingerprint density at radius 2 is 1.84 bits per heavy atom. The largest absolute Gasteiger partial charge is 0.489 e. The summed E-state index contributed by atoms with van der Waals surface area (Å²) in [6.07, 6.45) is 0.681. The number of aliphatic hydroxyl groups is 1. The molecule has 3 aromatic rings. The Morgan fingerprint density at radius 3 is 2.54 bits per heavy atom. The van der Waals surface area contributed by atoms with Crippen molar-refractivity contribution >= 4 is 11.9 Å². The molecule has 0 aromatic heterocycles. The summed E-state index contributed by atoms with van der Waals surface area (Å²) < 4.78 is 44.1. The molecule has 0 amide bonds. The van der Waals surface area contributed by atoms with E-state index in [1.165, 1.54) is 13.0 Å². The second kappa shape index (κ2) is 11.9. The fourth-order valence-electron chi connectivity index (χ4n) is 3.85. The topological polar surface area (TPSA) is 94.1 Å². The number of esters is 2. The Hall–Kier alpha value is -3.82. The molecule has 1 fully saturated rings. The Morgan fingerprint density at radius 1 is 1.05 bits per heavy atom. The van der Waals surface area contributed by atoms with Crippen molar-refractivity contribution in [2.24, 2.45) is 0 Å². The Kier molecular flexibility index (Phi) is 8.47. The molecule has 3 aromatic carbocycles. The third-order valence-corrected chi connectivity index (χ3v) is 5.77. The van der Waals surface area contributed by atoms with Crippen LogP contribution in [-0.2, 0) is 16.1 Å². The maximum atomic E-state index is 14.1. The number of ether oxygens (including phenoxy) is 3. The van der Waals surface area contributed by atoms with Crippen LogP contribution in [0, 0.1) is 11.6 Å². The van der Waals surface area contributed by atoms with Crippen molar-refractivity contribution in [1.29, 1.82) is 0 Å². The van der Waals surface area contributed by atoms with Crippen LogP contribution in [0.4, 0.5) is 8.78 Å². The fraction of sp³-hybridized carbons (Fsp3) is 0.286. The highest BCUT2D eigenvalue weighted by atomic mass is 19.2. The number of aliphatic hydroxyl groups excluding tert-OH is 1. The summed E-state index contributed by atoms with van der Waals surface area (Å²) in [4.78, 5) is 24.5. The Bertz CT molecular complexity index is 1260. The minimum Gasteiger partial charge on any atom is -0.489 e. The van der Waals surface area contributed by atoms with Gasteiger partial charge in [0, 0.05) is 0 Å². The highest BCUT2D eigenvalue weighted by molar-refractivity contribution is 5.98. The van der Waals surface area contributed by atoms with Crippen molar-refractivity contribution in [2.75, 3.05) is 13.2 Å². The predicted molar refractivity (Wildman–Crippen MR) is 131 cm³/mol. The van der Waals surface area contributed by atoms with E-state index in [2.05, 4.69) is 5.32 Å². The van der Waals surface area contributed by atoms with Gasteiger partial charge in [0.2, 0.25) is 5.82 Å². The van der Waals surface area contributed by atoms with Gasteiger partial charge in [-0.15, -0.1) is 0 Å². The number of carbonyl (C=O) groups is 2. The van der Waals surface area contributed by atoms with E-state index < -0.39 is 35.7 Å². The summed E-state index contributed by atoms with van der Waals surface area (Å²) >= 11 is 0. The SMILES string of the molecule is CC(O)COc1cc(-c2ccc(OCc3cccc(C(=O)OC(=O)[C@@H]4CCCN4)c3)cc2)cc(F)c1F. The Labute approximate surface area is 213 Å². The molecule has 7 nitrogen and oxygen atoms in total. The number of hydrogen-bond donors (Lipinski definition) is 2. The molecule has 2 N–H and O–H groups in total. The molecule has 0 bridgehead atoms. The summed E-state index contributed by atoms with van der Waals surface area (Å²) in [6.45, 7) is 2.19. The highest BCUT2D eigenvalue weighted by Crippen LogP contribution is 2.30. The van der Waals surface area contributed by atoms with Crippen LogP contribution in [0.1, 0.15) is 35.7 Å². The van der Waals surface area contributed by atoms with E-state index in [1.54, 1.807) is 48.5 Å². The molecule has 2 atom stereocenters. The van der Waals surface area contributed by atoms with Crippen LogP contribution < -0.4 is 14.8 Å². The van der Waals surface area contributed by atoms with E-state index in [0.717, 1.165) is 19.0 Å². The van der Waals surface area contributed by atoms with E-state index in [0.29, 0.717) is 28.9 Å². The number of benzene rings is 3. The molecule has 0 aliphatic carbocycles. The molecule has 37 heavy (non-hydrogen) atoms. The number of hydrogen-bond acceptors (Lipinski definition) is 7. The zero-order chi connectivity index (χ0) is 26.4. The van der Waals surface area contributed by atoms with Crippen LogP contribution in [0.3, 0.4) is 0 Å². The lowest BCUT2D eigenvalue weighted by Crippen LogP contribution is -2.33. The van der Waals surface area contributed by atoms with Crippen molar-refractivity contribution < 1.29 is 37.7 Å². The van der Waals surface area contributed by atoms with Crippen LogP contribution in [0.25, 0.3) is 11.1 Å². The zero-order valence-corrected chi connectivity index (χ0v) is 20.2. The molecule has 0 spiro atoms. The molecule has 0 radical (unpaired) electrons. The molecule has 1 aliphatic heterocycles. The second-order valence-corrected chi connectivity index (χ2v) is 8.80. The first kappa shape index (κ1) is 26.2. The van der Waals surface area contributed by atoms with Crippen LogP contribution in [-0.4, -0.2) is 42.3 Å². The third-order valence-electron chi connectivity index (χ3n) is 5.77. The van der Waals surface area contributed by atoms with E-state index in [-0.39, 0.29) is 24.5 Å². The van der Waals surface area contributed by atoms with E-state index in [9.17, 15) is 23.5 Å². The van der Waals surface area contributed by atoms with E-state index in [4.69, 9.17) is 14.2 Å². The van der Waals surface area contributed by atoms with Gasteiger partial charge in [0.1, 0.15) is 25.0 Å². The standard InChI is InChI=1S/C28H27F2NO6/c1-17(32)15-36-25-14-21(13-23(29)26(25)30)19-7-9-22(10-8-19)35-16-18-4-2-5-20(12-18)27(33)37-28(34)24-6-3-11-31-24/h2,4-5,7-10,12-14,17,24,31-32H,3,6,11,15-16H2,1H3/t17?,24-/m0/s1. The molecule has 0 saturated carbocycles. The van der Waals surface area contributed by atoms with Crippen molar-refractivity contribution in [3.63, 3.8) is 0 Å². The van der Waals surface area contributed by atoms with Crippen LogP contribution in [0.15, 0.2) is 60.7 Å². The van der Waals surface area contributed by atoms with Gasteiger partial charge in [0.15, 0.2) is 11.6 Å². The van der Waals surface area contributed by atoms with Gasteiger partial charge in [-0.1, -0.05) is 24.3 Å². The van der Waals surface area contributed by atoms with Gasteiger partial charge in [-0.2, -0.15) is 4.39 Å². The normalized spacial score (nSPS) is 15.7. The van der Waals surface area contributed by atoms with E-state index >= 15 is 0 Å². The summed E-state index contributed by atoms with van der Waals surface area (Å²) in [5.41, 5.74) is 1.96. The first-order chi connectivity index (χ1) is 17.8. The molecular formula is C28H27F2NO6. The molecular weight excluding hydrogens is 484 g/mol. The Balaban J connectivity index is 1.38.